The fraction of sp³-hybridized carbons (Fsp3) is 0.500. The first-order valence-corrected chi connectivity index (χ1v) is 9.17. The van der Waals surface area contributed by atoms with E-state index in [0.29, 0.717) is 19.0 Å². The normalized spacial score (nSPS) is 17.0. The van der Waals surface area contributed by atoms with Crippen LogP contribution in [0.4, 0.5) is 4.39 Å². The second-order valence-corrected chi connectivity index (χ2v) is 7.79. The van der Waals surface area contributed by atoms with Gasteiger partial charge in [0.25, 0.3) is 15.0 Å². The Morgan fingerprint density at radius 3 is 2.48 bits per heavy atom. The van der Waals surface area contributed by atoms with Crippen molar-refractivity contribution >= 4 is 25.6 Å². The number of likely N-dealkylation sites (tertiary alicyclic amines) is 1. The van der Waals surface area contributed by atoms with Gasteiger partial charge in [0.1, 0.15) is 5.82 Å². The van der Waals surface area contributed by atoms with Crippen LogP contribution in [0.15, 0.2) is 23.1 Å². The molecule has 0 saturated carbocycles. The third kappa shape index (κ3) is 3.74. The van der Waals surface area contributed by atoms with Crippen LogP contribution in [0.3, 0.4) is 0 Å². The van der Waals surface area contributed by atoms with Gasteiger partial charge in [-0.15, -0.1) is 0 Å². The molecule has 0 atom stereocenters. The molecule has 1 aliphatic heterocycles. The van der Waals surface area contributed by atoms with Gasteiger partial charge in [0, 0.05) is 23.8 Å². The van der Waals surface area contributed by atoms with Crippen LogP contribution in [0.25, 0.3) is 0 Å². The molecule has 1 aromatic rings. The Morgan fingerprint density at radius 1 is 1.38 bits per heavy atom. The molecular formula is C14H17ClFNO3S. The molecule has 1 amide bonds. The number of carbonyl (C=O) groups is 1. The third-order valence-electron chi connectivity index (χ3n) is 3.93. The Bertz CT molecular complexity index is 640. The number of carbonyl (C=O) groups excluding carboxylic acids is 1. The highest BCUT2D eigenvalue weighted by Crippen LogP contribution is 2.23. The summed E-state index contributed by atoms with van der Waals surface area (Å²) in [6, 6.07) is 3.12. The van der Waals surface area contributed by atoms with E-state index in [1.807, 2.05) is 0 Å². The summed E-state index contributed by atoms with van der Waals surface area (Å²) in [5, 5.41) is 0. The van der Waals surface area contributed by atoms with E-state index < -0.39 is 20.8 Å². The molecule has 0 aliphatic carbocycles. The van der Waals surface area contributed by atoms with Gasteiger partial charge in [-0.05, 0) is 37.0 Å². The molecule has 1 fully saturated rings. The van der Waals surface area contributed by atoms with Crippen LogP contribution >= 0.6 is 10.7 Å². The summed E-state index contributed by atoms with van der Waals surface area (Å²) < 4.78 is 36.2. The van der Waals surface area contributed by atoms with E-state index >= 15 is 0 Å². The zero-order valence-corrected chi connectivity index (χ0v) is 13.3. The van der Waals surface area contributed by atoms with E-state index in [1.165, 1.54) is 6.07 Å². The van der Waals surface area contributed by atoms with E-state index in [4.69, 9.17) is 10.7 Å². The zero-order chi connectivity index (χ0) is 15.6. The van der Waals surface area contributed by atoms with Crippen molar-refractivity contribution < 1.29 is 17.6 Å². The van der Waals surface area contributed by atoms with E-state index in [9.17, 15) is 17.6 Å². The van der Waals surface area contributed by atoms with Gasteiger partial charge in [0.2, 0.25) is 0 Å². The lowest BCUT2D eigenvalue weighted by atomic mass is 9.94. The van der Waals surface area contributed by atoms with E-state index in [1.54, 1.807) is 4.90 Å². The molecule has 116 valence electrons. The van der Waals surface area contributed by atoms with Gasteiger partial charge in [0.15, 0.2) is 0 Å². The Labute approximate surface area is 128 Å². The summed E-state index contributed by atoms with van der Waals surface area (Å²) in [5.74, 6) is -0.650. The smallest absolute Gasteiger partial charge is 0.261 e. The summed E-state index contributed by atoms with van der Waals surface area (Å²) in [4.78, 5) is 13.5. The number of rotatable bonds is 3. The Kier molecular flexibility index (Phi) is 4.88. The summed E-state index contributed by atoms with van der Waals surface area (Å²) in [5.41, 5.74) is -0.117. The average molecular weight is 334 g/mol. The molecule has 0 unspecified atom stereocenters. The highest BCUT2D eigenvalue weighted by molar-refractivity contribution is 8.13. The van der Waals surface area contributed by atoms with Crippen molar-refractivity contribution in [2.24, 2.45) is 5.92 Å². The van der Waals surface area contributed by atoms with Gasteiger partial charge in [-0.3, -0.25) is 4.79 Å². The molecule has 1 aliphatic rings. The fourth-order valence-electron chi connectivity index (χ4n) is 2.54. The molecule has 0 aromatic heterocycles. The Morgan fingerprint density at radius 2 is 2.00 bits per heavy atom. The Hall–Kier alpha value is -1.14. The molecule has 1 saturated heterocycles. The zero-order valence-electron chi connectivity index (χ0n) is 11.7. The van der Waals surface area contributed by atoms with Gasteiger partial charge >= 0.3 is 0 Å². The van der Waals surface area contributed by atoms with E-state index in [2.05, 4.69) is 6.92 Å². The highest BCUT2D eigenvalue weighted by Gasteiger charge is 2.25. The van der Waals surface area contributed by atoms with Crippen molar-refractivity contribution in [3.8, 4) is 0 Å². The van der Waals surface area contributed by atoms with Crippen molar-refractivity contribution in [3.05, 3.63) is 29.6 Å². The van der Waals surface area contributed by atoms with Crippen molar-refractivity contribution in [1.82, 2.24) is 4.90 Å². The molecule has 0 bridgehead atoms. The predicted octanol–water partition coefficient (Wildman–Crippen LogP) is 3.02. The maximum absolute atomic E-state index is 14.0. The van der Waals surface area contributed by atoms with Gasteiger partial charge in [-0.25, -0.2) is 12.8 Å². The van der Waals surface area contributed by atoms with Crippen molar-refractivity contribution in [2.45, 2.75) is 31.1 Å². The highest BCUT2D eigenvalue weighted by atomic mass is 35.7. The number of halogens is 2. The average Bonchev–Trinajstić information content (AvgIpc) is 2.45. The molecule has 21 heavy (non-hydrogen) atoms. The first-order chi connectivity index (χ1) is 9.82. The van der Waals surface area contributed by atoms with E-state index in [0.717, 1.165) is 31.4 Å². The largest absolute Gasteiger partial charge is 0.339 e. The molecule has 0 N–H and O–H groups in total. The molecule has 2 rings (SSSR count). The summed E-state index contributed by atoms with van der Waals surface area (Å²) in [6.07, 6.45) is 2.91. The van der Waals surface area contributed by atoms with Gasteiger partial charge in [-0.1, -0.05) is 13.3 Å². The summed E-state index contributed by atoms with van der Waals surface area (Å²) in [6.45, 7) is 3.33. The van der Waals surface area contributed by atoms with Crippen LogP contribution in [-0.2, 0) is 9.05 Å². The molecule has 7 heteroatoms. The minimum absolute atomic E-state index is 0.117. The number of benzene rings is 1. The lowest BCUT2D eigenvalue weighted by Crippen LogP contribution is -2.38. The van der Waals surface area contributed by atoms with Crippen LogP contribution in [0.5, 0.6) is 0 Å². The minimum Gasteiger partial charge on any atom is -0.339 e. The first-order valence-electron chi connectivity index (χ1n) is 6.86. The van der Waals surface area contributed by atoms with Gasteiger partial charge in [-0.2, -0.15) is 0 Å². The lowest BCUT2D eigenvalue weighted by molar-refractivity contribution is 0.0684. The van der Waals surface area contributed by atoms with Crippen molar-refractivity contribution in [2.75, 3.05) is 13.1 Å². The second-order valence-electron chi connectivity index (χ2n) is 5.22. The van der Waals surface area contributed by atoms with Crippen LogP contribution < -0.4 is 0 Å². The molecule has 1 aromatic carbocycles. The maximum atomic E-state index is 14.0. The van der Waals surface area contributed by atoms with Crippen LogP contribution in [0, 0.1) is 11.7 Å². The quantitative estimate of drug-likeness (QED) is 0.799. The van der Waals surface area contributed by atoms with Crippen molar-refractivity contribution in [1.29, 1.82) is 0 Å². The number of hydrogen-bond acceptors (Lipinski definition) is 3. The SMILES string of the molecule is CCC1CCN(C(=O)c2ccc(S(=O)(=O)Cl)cc2F)CC1. The number of nitrogens with zero attached hydrogens (tertiary/aromatic N) is 1. The topological polar surface area (TPSA) is 54.5 Å². The number of piperidine rings is 1. The molecular weight excluding hydrogens is 317 g/mol. The van der Waals surface area contributed by atoms with Crippen molar-refractivity contribution in [3.63, 3.8) is 0 Å². The van der Waals surface area contributed by atoms with Crippen LogP contribution in [0.1, 0.15) is 36.5 Å². The number of amides is 1. The number of hydrogen-bond donors (Lipinski definition) is 0. The fourth-order valence-corrected chi connectivity index (χ4v) is 3.30. The van der Waals surface area contributed by atoms with Gasteiger partial charge < -0.3 is 4.90 Å². The van der Waals surface area contributed by atoms with E-state index in [-0.39, 0.29) is 10.5 Å². The first kappa shape index (κ1) is 16.2. The lowest BCUT2D eigenvalue weighted by Gasteiger charge is -2.31. The standard InChI is InChI=1S/C14H17ClFNO3S/c1-2-10-5-7-17(8-6-10)14(18)12-4-3-11(9-13(12)16)21(15,19)20/h3-4,9-10H,2,5-8H2,1H3. The Balaban J connectivity index is 2.17. The van der Waals surface area contributed by atoms with Crippen LogP contribution in [0.2, 0.25) is 0 Å². The second kappa shape index (κ2) is 6.32. The molecule has 0 spiro atoms. The van der Waals surface area contributed by atoms with Crippen LogP contribution in [-0.4, -0.2) is 32.3 Å². The molecule has 0 radical (unpaired) electrons. The minimum atomic E-state index is -4.00. The summed E-state index contributed by atoms with van der Waals surface area (Å²) in [7, 11) is 1.16. The third-order valence-corrected chi connectivity index (χ3v) is 5.28. The van der Waals surface area contributed by atoms with Gasteiger partial charge in [0.05, 0.1) is 10.5 Å². The monoisotopic (exact) mass is 333 g/mol. The maximum Gasteiger partial charge on any atom is 0.261 e. The molecule has 4 nitrogen and oxygen atoms in total. The summed E-state index contributed by atoms with van der Waals surface area (Å²) >= 11 is 0. The molecule has 1 heterocycles. The predicted molar refractivity (Wildman–Crippen MR) is 78.4 cm³/mol.